The molecule has 0 fully saturated rings. The molecule has 0 aliphatic rings. The maximum atomic E-state index is 10.4. The highest BCUT2D eigenvalue weighted by atomic mass is 16.5. The zero-order chi connectivity index (χ0) is 14.4. The molecule has 20 heavy (non-hydrogen) atoms. The minimum atomic E-state index is -1.13. The van der Waals surface area contributed by atoms with Gasteiger partial charge in [0.1, 0.15) is 18.1 Å². The van der Waals surface area contributed by atoms with Crippen LogP contribution in [0.2, 0.25) is 0 Å². The third kappa shape index (κ3) is 4.05. The van der Waals surface area contributed by atoms with E-state index in [0.717, 1.165) is 11.3 Å². The van der Waals surface area contributed by atoms with E-state index in [2.05, 4.69) is 10.3 Å². The van der Waals surface area contributed by atoms with E-state index in [9.17, 15) is 5.11 Å². The van der Waals surface area contributed by atoms with E-state index in [4.69, 9.17) is 4.74 Å². The molecule has 0 radical (unpaired) electrons. The summed E-state index contributed by atoms with van der Waals surface area (Å²) in [5.41, 5.74) is -0.403. The van der Waals surface area contributed by atoms with Crippen LogP contribution >= 0.6 is 0 Å². The Kier molecular flexibility index (Phi) is 4.71. The van der Waals surface area contributed by atoms with Crippen molar-refractivity contribution >= 4 is 0 Å². The number of aromatic nitrogens is 1. The summed E-state index contributed by atoms with van der Waals surface area (Å²) < 4.78 is 5.66. The minimum absolute atomic E-state index is 0.00888. The Morgan fingerprint density at radius 2 is 2.00 bits per heavy atom. The molecule has 0 aliphatic heterocycles. The molecule has 0 aliphatic carbocycles. The molecular formula is C16H20N2O2. The second kappa shape index (κ2) is 6.50. The lowest BCUT2D eigenvalue weighted by molar-refractivity contribution is 0.00372. The highest BCUT2D eigenvalue weighted by Gasteiger charge is 2.25. The zero-order valence-electron chi connectivity index (χ0n) is 11.8. The number of hydrogen-bond donors (Lipinski definition) is 2. The first-order valence-electron chi connectivity index (χ1n) is 6.66. The van der Waals surface area contributed by atoms with E-state index < -0.39 is 5.72 Å². The smallest absolute Gasteiger partial charge is 0.141 e. The summed E-state index contributed by atoms with van der Waals surface area (Å²) in [7, 11) is 0. The van der Waals surface area contributed by atoms with Crippen molar-refractivity contribution in [3.05, 3.63) is 60.4 Å². The molecule has 0 bridgehead atoms. The van der Waals surface area contributed by atoms with E-state index in [1.807, 2.05) is 43.3 Å². The average Bonchev–Trinajstić information content (AvgIpc) is 2.47. The summed E-state index contributed by atoms with van der Waals surface area (Å²) in [4.78, 5) is 4.02. The van der Waals surface area contributed by atoms with Gasteiger partial charge >= 0.3 is 0 Å². The Labute approximate surface area is 119 Å². The van der Waals surface area contributed by atoms with Gasteiger partial charge in [-0.2, -0.15) is 0 Å². The average molecular weight is 272 g/mol. The van der Waals surface area contributed by atoms with Crippen molar-refractivity contribution in [3.8, 4) is 5.75 Å². The molecule has 2 unspecified atom stereocenters. The topological polar surface area (TPSA) is 54.4 Å². The van der Waals surface area contributed by atoms with Gasteiger partial charge in [-0.25, -0.2) is 0 Å². The van der Waals surface area contributed by atoms with Gasteiger partial charge in [0.15, 0.2) is 0 Å². The van der Waals surface area contributed by atoms with Crippen molar-refractivity contribution in [1.29, 1.82) is 0 Å². The molecule has 2 atom stereocenters. The second-order valence-corrected chi connectivity index (χ2v) is 4.98. The monoisotopic (exact) mass is 272 g/mol. The lowest BCUT2D eigenvalue weighted by atomic mass is 10.1. The number of ether oxygens (including phenoxy) is 1. The van der Waals surface area contributed by atoms with Gasteiger partial charge in [0.05, 0.1) is 0 Å². The lowest BCUT2D eigenvalue weighted by Crippen LogP contribution is -2.46. The van der Waals surface area contributed by atoms with Crippen LogP contribution in [-0.4, -0.2) is 22.7 Å². The number of nitrogens with zero attached hydrogens (tertiary/aromatic N) is 1. The quantitative estimate of drug-likeness (QED) is 0.792. The van der Waals surface area contributed by atoms with Gasteiger partial charge in [-0.05, 0) is 32.0 Å². The molecule has 4 nitrogen and oxygen atoms in total. The van der Waals surface area contributed by atoms with Gasteiger partial charge in [-0.15, -0.1) is 0 Å². The summed E-state index contributed by atoms with van der Waals surface area (Å²) in [5, 5.41) is 13.6. The molecule has 1 aromatic carbocycles. The largest absolute Gasteiger partial charge is 0.492 e. The van der Waals surface area contributed by atoms with Crippen LogP contribution in [0.25, 0.3) is 0 Å². The van der Waals surface area contributed by atoms with Crippen molar-refractivity contribution in [1.82, 2.24) is 10.3 Å². The van der Waals surface area contributed by atoms with Gasteiger partial charge in [0, 0.05) is 24.0 Å². The number of aliphatic hydroxyl groups is 1. The Morgan fingerprint density at radius 1 is 1.25 bits per heavy atom. The number of nitrogens with one attached hydrogen (secondary N) is 1. The van der Waals surface area contributed by atoms with Gasteiger partial charge in [0.25, 0.3) is 0 Å². The molecule has 1 heterocycles. The van der Waals surface area contributed by atoms with Crippen LogP contribution in [0.15, 0.2) is 54.9 Å². The lowest BCUT2D eigenvalue weighted by Gasteiger charge is -2.29. The predicted octanol–water partition coefficient (Wildman–Crippen LogP) is 2.30. The van der Waals surface area contributed by atoms with E-state index >= 15 is 0 Å². The summed E-state index contributed by atoms with van der Waals surface area (Å²) in [5.74, 6) is 0.821. The Morgan fingerprint density at radius 3 is 2.65 bits per heavy atom. The van der Waals surface area contributed by atoms with E-state index in [-0.39, 0.29) is 6.04 Å². The van der Waals surface area contributed by atoms with Crippen molar-refractivity contribution in [2.24, 2.45) is 0 Å². The molecule has 0 spiro atoms. The van der Waals surface area contributed by atoms with Gasteiger partial charge < -0.3 is 9.84 Å². The summed E-state index contributed by atoms with van der Waals surface area (Å²) in [6, 6.07) is 13.3. The first kappa shape index (κ1) is 14.5. The van der Waals surface area contributed by atoms with Crippen LogP contribution in [0, 0.1) is 0 Å². The van der Waals surface area contributed by atoms with Crippen LogP contribution in [0.5, 0.6) is 5.75 Å². The predicted molar refractivity (Wildman–Crippen MR) is 78.3 cm³/mol. The standard InChI is InChI=1S/C16H20N2O2/c1-13(12-20-15-8-4-3-5-9-15)18-16(2,19)14-7-6-10-17-11-14/h3-11,13,18-19H,12H2,1-2H3. The molecule has 0 amide bonds. The Hall–Kier alpha value is -1.91. The number of pyridine rings is 1. The zero-order valence-corrected chi connectivity index (χ0v) is 11.8. The van der Waals surface area contributed by atoms with Crippen molar-refractivity contribution < 1.29 is 9.84 Å². The van der Waals surface area contributed by atoms with Gasteiger partial charge in [0.2, 0.25) is 0 Å². The third-order valence-electron chi connectivity index (χ3n) is 2.99. The highest BCUT2D eigenvalue weighted by Crippen LogP contribution is 2.17. The number of rotatable bonds is 6. The summed E-state index contributed by atoms with van der Waals surface area (Å²) in [6.45, 7) is 4.15. The van der Waals surface area contributed by atoms with E-state index in [1.54, 1.807) is 25.4 Å². The van der Waals surface area contributed by atoms with Gasteiger partial charge in [-0.3, -0.25) is 10.3 Å². The summed E-state index contributed by atoms with van der Waals surface area (Å²) >= 11 is 0. The number of benzene rings is 1. The second-order valence-electron chi connectivity index (χ2n) is 4.98. The number of para-hydroxylation sites is 1. The molecule has 0 saturated heterocycles. The molecule has 106 valence electrons. The van der Waals surface area contributed by atoms with Crippen LogP contribution < -0.4 is 10.1 Å². The fourth-order valence-corrected chi connectivity index (χ4v) is 1.99. The fourth-order valence-electron chi connectivity index (χ4n) is 1.99. The van der Waals surface area contributed by atoms with Crippen molar-refractivity contribution in [2.75, 3.05) is 6.61 Å². The molecule has 2 N–H and O–H groups in total. The molecular weight excluding hydrogens is 252 g/mol. The highest BCUT2D eigenvalue weighted by molar-refractivity contribution is 5.21. The van der Waals surface area contributed by atoms with Crippen LogP contribution in [0.4, 0.5) is 0 Å². The number of hydrogen-bond acceptors (Lipinski definition) is 4. The molecule has 4 heteroatoms. The third-order valence-corrected chi connectivity index (χ3v) is 2.99. The van der Waals surface area contributed by atoms with E-state index in [1.165, 1.54) is 0 Å². The van der Waals surface area contributed by atoms with Crippen LogP contribution in [-0.2, 0) is 5.72 Å². The maximum absolute atomic E-state index is 10.4. The Bertz CT molecular complexity index is 515. The first-order valence-corrected chi connectivity index (χ1v) is 6.66. The first-order chi connectivity index (χ1) is 9.58. The molecule has 2 aromatic rings. The normalized spacial score (nSPS) is 15.3. The molecule has 2 rings (SSSR count). The maximum Gasteiger partial charge on any atom is 0.141 e. The van der Waals surface area contributed by atoms with Crippen LogP contribution in [0.3, 0.4) is 0 Å². The van der Waals surface area contributed by atoms with Gasteiger partial charge in [-0.1, -0.05) is 24.3 Å². The SMILES string of the molecule is CC(COc1ccccc1)NC(C)(O)c1cccnc1. The summed E-state index contributed by atoms with van der Waals surface area (Å²) in [6.07, 6.45) is 3.33. The molecule has 1 aromatic heterocycles. The Balaban J connectivity index is 1.89. The minimum Gasteiger partial charge on any atom is -0.492 e. The fraction of sp³-hybridized carbons (Fsp3) is 0.312. The molecule has 0 saturated carbocycles. The van der Waals surface area contributed by atoms with Crippen molar-refractivity contribution in [3.63, 3.8) is 0 Å². The van der Waals surface area contributed by atoms with Crippen molar-refractivity contribution in [2.45, 2.75) is 25.6 Å². The van der Waals surface area contributed by atoms with Crippen LogP contribution in [0.1, 0.15) is 19.4 Å². The van der Waals surface area contributed by atoms with E-state index in [0.29, 0.717) is 6.61 Å².